The number of nitrogens with one attached hydrogen (secondary N) is 1. The maximum absolute atomic E-state index is 14.7. The third kappa shape index (κ3) is 6.56. The second-order valence-corrected chi connectivity index (χ2v) is 8.72. The first kappa shape index (κ1) is 27.0. The van der Waals surface area contributed by atoms with Crippen LogP contribution >= 0.6 is 0 Å². The predicted molar refractivity (Wildman–Crippen MR) is 125 cm³/mol. The number of nitrogens with zero attached hydrogens (tertiary/aromatic N) is 1. The average Bonchev–Trinajstić information content (AvgIpc) is 2.95. The Morgan fingerprint density at radius 1 is 1.08 bits per heavy atom. The number of aliphatic imine (C=N–C) groups is 1. The van der Waals surface area contributed by atoms with Crippen molar-refractivity contribution in [2.24, 2.45) is 22.6 Å². The van der Waals surface area contributed by atoms with Gasteiger partial charge in [0.1, 0.15) is 5.82 Å². The van der Waals surface area contributed by atoms with E-state index in [1.54, 1.807) is 43.3 Å². The molecule has 0 bridgehead atoms. The molecule has 0 aromatic heterocycles. The van der Waals surface area contributed by atoms with Crippen molar-refractivity contribution in [1.29, 1.82) is 0 Å². The molecule has 36 heavy (non-hydrogen) atoms. The minimum atomic E-state index is -4.55. The average molecular weight is 506 g/mol. The van der Waals surface area contributed by atoms with Gasteiger partial charge in [-0.3, -0.25) is 19.4 Å². The highest BCUT2D eigenvalue weighted by Crippen LogP contribution is 2.30. The van der Waals surface area contributed by atoms with Crippen LogP contribution in [0.2, 0.25) is 0 Å². The lowest BCUT2D eigenvalue weighted by Crippen LogP contribution is -2.47. The van der Waals surface area contributed by atoms with Crippen molar-refractivity contribution in [3.63, 3.8) is 0 Å². The number of amides is 2. The van der Waals surface area contributed by atoms with Crippen molar-refractivity contribution < 1.29 is 31.9 Å². The van der Waals surface area contributed by atoms with E-state index in [0.29, 0.717) is 17.5 Å². The quantitative estimate of drug-likeness (QED) is 0.502. The molecule has 0 spiro atoms. The van der Waals surface area contributed by atoms with Gasteiger partial charge in [0.15, 0.2) is 11.9 Å². The number of nitrogens with two attached hydrogens (primary N) is 1. The third-order valence-electron chi connectivity index (χ3n) is 6.14. The lowest BCUT2D eigenvalue weighted by atomic mass is 9.83. The Bertz CT molecular complexity index is 1150. The van der Waals surface area contributed by atoms with Gasteiger partial charge in [0.2, 0.25) is 11.8 Å². The number of ketones is 1. The van der Waals surface area contributed by atoms with E-state index in [4.69, 9.17) is 5.73 Å². The van der Waals surface area contributed by atoms with Gasteiger partial charge in [0.25, 0.3) is 0 Å². The van der Waals surface area contributed by atoms with E-state index >= 15 is 0 Å². The van der Waals surface area contributed by atoms with Crippen molar-refractivity contribution >= 4 is 23.3 Å². The number of alkyl halides is 3. The molecule has 1 aliphatic rings. The molecule has 6 nitrogen and oxygen atoms in total. The van der Waals surface area contributed by atoms with Gasteiger partial charge >= 0.3 is 6.18 Å². The van der Waals surface area contributed by atoms with E-state index in [-0.39, 0.29) is 24.1 Å². The van der Waals surface area contributed by atoms with Crippen LogP contribution in [0.1, 0.15) is 49.3 Å². The summed E-state index contributed by atoms with van der Waals surface area (Å²) in [6.45, 7) is 1.71. The molecular formula is C26H27F4N3O3. The Labute approximate surface area is 206 Å². The fourth-order valence-corrected chi connectivity index (χ4v) is 4.37. The van der Waals surface area contributed by atoms with Crippen LogP contribution in [0.25, 0.3) is 0 Å². The molecule has 3 N–H and O–H groups in total. The Morgan fingerprint density at radius 2 is 1.78 bits per heavy atom. The zero-order valence-electron chi connectivity index (χ0n) is 19.6. The Kier molecular flexibility index (Phi) is 8.60. The summed E-state index contributed by atoms with van der Waals surface area (Å²) in [6.07, 6.45) is -7.87. The molecule has 2 aromatic carbocycles. The first-order valence-electron chi connectivity index (χ1n) is 11.6. The second-order valence-electron chi connectivity index (χ2n) is 8.72. The summed E-state index contributed by atoms with van der Waals surface area (Å²) in [7, 11) is 0. The molecule has 10 heteroatoms. The highest BCUT2D eigenvalue weighted by Gasteiger charge is 2.38. The molecule has 0 fully saturated rings. The van der Waals surface area contributed by atoms with Crippen LogP contribution in [-0.2, 0) is 20.8 Å². The first-order valence-corrected chi connectivity index (χ1v) is 11.6. The van der Waals surface area contributed by atoms with Gasteiger partial charge in [-0.2, -0.15) is 13.2 Å². The summed E-state index contributed by atoms with van der Waals surface area (Å²) in [4.78, 5) is 42.7. The topological polar surface area (TPSA) is 102 Å². The van der Waals surface area contributed by atoms with Gasteiger partial charge < -0.3 is 11.1 Å². The van der Waals surface area contributed by atoms with Gasteiger partial charge in [-0.05, 0) is 18.9 Å². The number of hydrogen-bond acceptors (Lipinski definition) is 4. The number of carbonyl (C=O) groups is 3. The highest BCUT2D eigenvalue weighted by atomic mass is 19.4. The fraction of sp³-hybridized carbons (Fsp3) is 0.385. The van der Waals surface area contributed by atoms with Crippen molar-refractivity contribution in [3.05, 3.63) is 71.0 Å². The summed E-state index contributed by atoms with van der Waals surface area (Å²) >= 11 is 0. The van der Waals surface area contributed by atoms with Gasteiger partial charge in [-0.25, -0.2) is 4.39 Å². The van der Waals surface area contributed by atoms with Crippen molar-refractivity contribution in [2.45, 2.75) is 51.4 Å². The van der Waals surface area contributed by atoms with E-state index in [9.17, 15) is 31.9 Å². The van der Waals surface area contributed by atoms with Crippen LogP contribution in [0.5, 0.6) is 0 Å². The molecule has 2 aromatic rings. The van der Waals surface area contributed by atoms with Gasteiger partial charge in [0, 0.05) is 41.4 Å². The smallest absolute Gasteiger partial charge is 0.369 e. The number of primary amides is 1. The van der Waals surface area contributed by atoms with E-state index in [0.717, 1.165) is 0 Å². The molecule has 0 unspecified atom stereocenters. The highest BCUT2D eigenvalue weighted by molar-refractivity contribution is 6.16. The number of hydrogen-bond donors (Lipinski definition) is 2. The number of carbonyl (C=O) groups excluding carboxylic acids is 3. The molecule has 3 atom stereocenters. The van der Waals surface area contributed by atoms with E-state index < -0.39 is 60.4 Å². The molecule has 1 heterocycles. The van der Waals surface area contributed by atoms with Crippen LogP contribution < -0.4 is 11.1 Å². The zero-order valence-corrected chi connectivity index (χ0v) is 19.6. The summed E-state index contributed by atoms with van der Waals surface area (Å²) in [5, 5.41) is 2.42. The first-order chi connectivity index (χ1) is 17.0. The Balaban J connectivity index is 1.99. The molecule has 1 aliphatic heterocycles. The molecule has 3 rings (SSSR count). The summed E-state index contributed by atoms with van der Waals surface area (Å²) in [5.74, 6) is -5.63. The predicted octanol–water partition coefficient (Wildman–Crippen LogP) is 4.09. The molecule has 192 valence electrons. The number of benzene rings is 2. The van der Waals surface area contributed by atoms with Crippen molar-refractivity contribution in [2.75, 3.05) is 0 Å². The van der Waals surface area contributed by atoms with Crippen molar-refractivity contribution in [1.82, 2.24) is 5.32 Å². The monoisotopic (exact) mass is 505 g/mol. The minimum absolute atomic E-state index is 0.108. The maximum Gasteiger partial charge on any atom is 0.389 e. The van der Waals surface area contributed by atoms with E-state index in [1.807, 2.05) is 0 Å². The molecular weight excluding hydrogens is 478 g/mol. The SMILES string of the molecule is CCC[C@H](C(N)=O)[C@@H](CCC(F)(F)F)C(=O)N[C@H]1N=C(c2ccccc2)c2cccc(F)c2CC1=O. The summed E-state index contributed by atoms with van der Waals surface area (Å²) in [5.41, 5.74) is 6.73. The Hall–Kier alpha value is -3.56. The number of halogens is 4. The minimum Gasteiger partial charge on any atom is -0.369 e. The van der Waals surface area contributed by atoms with Crippen LogP contribution in [0.15, 0.2) is 53.5 Å². The van der Waals surface area contributed by atoms with E-state index in [1.165, 1.54) is 12.1 Å². The zero-order chi connectivity index (χ0) is 26.5. The van der Waals surface area contributed by atoms with Crippen molar-refractivity contribution in [3.8, 4) is 0 Å². The molecule has 0 saturated carbocycles. The van der Waals surface area contributed by atoms with Crippen LogP contribution in [0, 0.1) is 17.7 Å². The van der Waals surface area contributed by atoms with Crippen LogP contribution in [-0.4, -0.2) is 35.7 Å². The van der Waals surface area contributed by atoms with Gasteiger partial charge in [-0.1, -0.05) is 55.8 Å². The van der Waals surface area contributed by atoms with Gasteiger partial charge in [0.05, 0.1) is 5.71 Å². The Morgan fingerprint density at radius 3 is 2.39 bits per heavy atom. The molecule has 0 aliphatic carbocycles. The largest absolute Gasteiger partial charge is 0.389 e. The van der Waals surface area contributed by atoms with Gasteiger partial charge in [-0.15, -0.1) is 0 Å². The molecule has 2 amide bonds. The van der Waals surface area contributed by atoms with Crippen LogP contribution in [0.4, 0.5) is 17.6 Å². The number of fused-ring (bicyclic) bond motifs is 1. The number of Topliss-reactive ketones (excluding diaryl/α,β-unsaturated/α-hetero) is 1. The lowest BCUT2D eigenvalue weighted by molar-refractivity contribution is -0.146. The standard InChI is InChI=1S/C26H27F4N3O3/c1-2-7-17(23(31)35)18(12-13-26(28,29)30)25(36)33-24-21(34)14-19-16(10-6-11-20(19)27)22(32-24)15-8-4-3-5-9-15/h3-6,8-11,17-18,24H,2,7,12-14H2,1H3,(H2,31,35)(H,33,36)/t17-,18+,24+/m0/s1. The van der Waals surface area contributed by atoms with Crippen LogP contribution in [0.3, 0.4) is 0 Å². The van der Waals surface area contributed by atoms with E-state index in [2.05, 4.69) is 10.3 Å². The lowest BCUT2D eigenvalue weighted by Gasteiger charge is -2.25. The molecule has 0 saturated heterocycles. The summed E-state index contributed by atoms with van der Waals surface area (Å²) in [6, 6.07) is 12.9. The fourth-order valence-electron chi connectivity index (χ4n) is 4.37. The second kappa shape index (κ2) is 11.5. The third-order valence-corrected chi connectivity index (χ3v) is 6.14. The molecule has 0 radical (unpaired) electrons. The summed E-state index contributed by atoms with van der Waals surface area (Å²) < 4.78 is 53.6. The normalized spacial score (nSPS) is 17.4. The maximum atomic E-state index is 14.7. The number of rotatable bonds is 9.